The number of anilines is 1. The van der Waals surface area contributed by atoms with Crippen LogP contribution in [0.4, 0.5) is 5.69 Å². The summed E-state index contributed by atoms with van der Waals surface area (Å²) in [7, 11) is -3.53. The van der Waals surface area contributed by atoms with Crippen molar-refractivity contribution in [3.8, 4) is 0 Å². The Morgan fingerprint density at radius 1 is 1.38 bits per heavy atom. The van der Waals surface area contributed by atoms with Crippen LogP contribution in [0, 0.1) is 5.92 Å². The molecule has 5 nitrogen and oxygen atoms in total. The van der Waals surface area contributed by atoms with E-state index in [1.54, 1.807) is 31.2 Å². The van der Waals surface area contributed by atoms with Crippen molar-refractivity contribution >= 4 is 33.2 Å². The first-order chi connectivity index (χ1) is 9.91. The molecule has 0 saturated heterocycles. The Morgan fingerprint density at radius 2 is 2.05 bits per heavy atom. The molecule has 21 heavy (non-hydrogen) atoms. The molecule has 1 unspecified atom stereocenters. The molecule has 1 amide bonds. The van der Waals surface area contributed by atoms with Gasteiger partial charge in [-0.25, -0.2) is 8.42 Å². The summed E-state index contributed by atoms with van der Waals surface area (Å²) in [6, 6.07) is 6.82. The van der Waals surface area contributed by atoms with E-state index in [4.69, 9.17) is 11.6 Å². The molecule has 1 aromatic rings. The Labute approximate surface area is 130 Å². The van der Waals surface area contributed by atoms with Crippen molar-refractivity contribution in [2.75, 3.05) is 16.4 Å². The van der Waals surface area contributed by atoms with Crippen LogP contribution in [0.15, 0.2) is 24.3 Å². The van der Waals surface area contributed by atoms with E-state index in [1.807, 2.05) is 0 Å². The number of hydrogen-bond donors (Lipinski definition) is 2. The number of benzene rings is 1. The van der Waals surface area contributed by atoms with Crippen molar-refractivity contribution in [2.24, 2.45) is 5.92 Å². The number of sulfonamides is 1. The van der Waals surface area contributed by atoms with Gasteiger partial charge in [-0.1, -0.05) is 19.1 Å². The van der Waals surface area contributed by atoms with E-state index in [0.717, 1.165) is 12.8 Å². The summed E-state index contributed by atoms with van der Waals surface area (Å²) in [4.78, 5) is 12.1. The van der Waals surface area contributed by atoms with Crippen molar-refractivity contribution < 1.29 is 13.2 Å². The quantitative estimate of drug-likeness (QED) is 0.752. The van der Waals surface area contributed by atoms with Gasteiger partial charge in [0, 0.05) is 11.9 Å². The Hall–Kier alpha value is -1.27. The fourth-order valence-electron chi connectivity index (χ4n) is 1.89. The fourth-order valence-corrected chi connectivity index (χ4v) is 3.59. The second-order valence-electron chi connectivity index (χ2n) is 5.44. The molecule has 0 aliphatic heterocycles. The normalized spacial score (nSPS) is 16.3. The minimum atomic E-state index is -3.53. The maximum Gasteiger partial charge on any atom is 0.253 e. The van der Waals surface area contributed by atoms with Crippen LogP contribution >= 0.6 is 11.6 Å². The average molecular weight is 331 g/mol. The molecule has 116 valence electrons. The van der Waals surface area contributed by atoms with E-state index in [9.17, 15) is 13.2 Å². The maximum absolute atomic E-state index is 12.1. The van der Waals surface area contributed by atoms with Crippen LogP contribution in [0.5, 0.6) is 0 Å². The molecule has 1 aromatic carbocycles. The van der Waals surface area contributed by atoms with Crippen molar-refractivity contribution in [1.29, 1.82) is 0 Å². The predicted octanol–water partition coefficient (Wildman–Crippen LogP) is 2.20. The van der Waals surface area contributed by atoms with Gasteiger partial charge in [-0.05, 0) is 30.9 Å². The molecule has 7 heteroatoms. The summed E-state index contributed by atoms with van der Waals surface area (Å²) in [6.45, 7) is 1.76. The topological polar surface area (TPSA) is 75.3 Å². The molecular weight excluding hydrogens is 312 g/mol. The first-order valence-corrected chi connectivity index (χ1v) is 9.06. The van der Waals surface area contributed by atoms with Crippen molar-refractivity contribution in [2.45, 2.75) is 25.8 Å². The zero-order chi connectivity index (χ0) is 15.5. The van der Waals surface area contributed by atoms with E-state index < -0.39 is 10.0 Å². The second-order valence-corrected chi connectivity index (χ2v) is 7.51. The van der Waals surface area contributed by atoms with Crippen LogP contribution in [-0.2, 0) is 10.0 Å². The highest BCUT2D eigenvalue weighted by molar-refractivity contribution is 7.92. The summed E-state index contributed by atoms with van der Waals surface area (Å²) in [6.07, 6.45) is 1.96. The number of alkyl halides is 1. The lowest BCUT2D eigenvalue weighted by Gasteiger charge is -2.14. The molecule has 2 rings (SSSR count). The lowest BCUT2D eigenvalue weighted by Crippen LogP contribution is -2.28. The number of halogens is 1. The summed E-state index contributed by atoms with van der Waals surface area (Å²) in [5.74, 6) is -0.211. The van der Waals surface area contributed by atoms with Gasteiger partial charge in [0.05, 0.1) is 17.0 Å². The van der Waals surface area contributed by atoms with E-state index >= 15 is 0 Å². The Kier molecular flexibility index (Phi) is 5.11. The molecule has 1 atom stereocenters. The highest BCUT2D eigenvalue weighted by Crippen LogP contribution is 2.22. The van der Waals surface area contributed by atoms with Gasteiger partial charge in [0.1, 0.15) is 0 Å². The first kappa shape index (κ1) is 16.1. The van der Waals surface area contributed by atoms with Crippen LogP contribution in [-0.4, -0.2) is 32.0 Å². The van der Waals surface area contributed by atoms with E-state index in [2.05, 4.69) is 10.0 Å². The number of rotatable bonds is 7. The summed E-state index contributed by atoms with van der Waals surface area (Å²) >= 11 is 5.65. The number of carbonyl (C=O) groups is 1. The molecule has 2 N–H and O–H groups in total. The number of carbonyl (C=O) groups excluding carboxylic acids is 1. The molecule has 1 aliphatic rings. The largest absolute Gasteiger partial charge is 0.349 e. The van der Waals surface area contributed by atoms with Gasteiger partial charge in [-0.15, -0.1) is 11.6 Å². The van der Waals surface area contributed by atoms with E-state index in [1.165, 1.54) is 0 Å². The first-order valence-electron chi connectivity index (χ1n) is 6.87. The highest BCUT2D eigenvalue weighted by atomic mass is 35.5. The van der Waals surface area contributed by atoms with Gasteiger partial charge >= 0.3 is 0 Å². The average Bonchev–Trinajstić information content (AvgIpc) is 3.22. The van der Waals surface area contributed by atoms with Crippen LogP contribution < -0.4 is 10.0 Å². The maximum atomic E-state index is 12.1. The SMILES string of the molecule is CC(CCl)CS(=O)(=O)Nc1ccccc1C(=O)NC1CC1. The summed E-state index contributed by atoms with van der Waals surface area (Å²) < 4.78 is 26.6. The minimum Gasteiger partial charge on any atom is -0.349 e. The van der Waals surface area contributed by atoms with Gasteiger partial charge in [0.15, 0.2) is 0 Å². The van der Waals surface area contributed by atoms with Crippen molar-refractivity contribution in [3.05, 3.63) is 29.8 Å². The standard InChI is InChI=1S/C14H19ClN2O3S/c1-10(8-15)9-21(19,20)17-13-5-3-2-4-12(13)14(18)16-11-6-7-11/h2-5,10-11,17H,6-9H2,1H3,(H,16,18). The highest BCUT2D eigenvalue weighted by Gasteiger charge is 2.25. The van der Waals surface area contributed by atoms with Gasteiger partial charge in [-0.3, -0.25) is 9.52 Å². The predicted molar refractivity (Wildman–Crippen MR) is 84.2 cm³/mol. The number of amides is 1. The third kappa shape index (κ3) is 4.89. The molecule has 0 radical (unpaired) electrons. The van der Waals surface area contributed by atoms with Gasteiger partial charge in [0.2, 0.25) is 10.0 Å². The second kappa shape index (κ2) is 6.66. The summed E-state index contributed by atoms with van der Waals surface area (Å²) in [5.41, 5.74) is 0.643. The van der Waals surface area contributed by atoms with E-state index in [-0.39, 0.29) is 29.5 Å². The lowest BCUT2D eigenvalue weighted by atomic mass is 10.1. The Bertz CT molecular complexity index is 614. The smallest absolute Gasteiger partial charge is 0.253 e. The minimum absolute atomic E-state index is 0.0743. The number of para-hydroxylation sites is 1. The Balaban J connectivity index is 2.13. The molecule has 0 spiro atoms. The van der Waals surface area contributed by atoms with Crippen LogP contribution in [0.2, 0.25) is 0 Å². The number of hydrogen-bond acceptors (Lipinski definition) is 3. The summed E-state index contributed by atoms with van der Waals surface area (Å²) in [5, 5.41) is 2.85. The zero-order valence-electron chi connectivity index (χ0n) is 11.8. The van der Waals surface area contributed by atoms with Gasteiger partial charge in [0.25, 0.3) is 5.91 Å². The molecule has 0 aromatic heterocycles. The zero-order valence-corrected chi connectivity index (χ0v) is 13.4. The number of nitrogens with one attached hydrogen (secondary N) is 2. The van der Waals surface area contributed by atoms with Crippen LogP contribution in [0.1, 0.15) is 30.1 Å². The molecule has 1 fully saturated rings. The molecule has 1 saturated carbocycles. The van der Waals surface area contributed by atoms with Crippen molar-refractivity contribution in [1.82, 2.24) is 5.32 Å². The molecule has 1 aliphatic carbocycles. The van der Waals surface area contributed by atoms with Gasteiger partial charge in [-0.2, -0.15) is 0 Å². The van der Waals surface area contributed by atoms with Gasteiger partial charge < -0.3 is 5.32 Å². The van der Waals surface area contributed by atoms with E-state index in [0.29, 0.717) is 11.3 Å². The molecule has 0 bridgehead atoms. The monoisotopic (exact) mass is 330 g/mol. The van der Waals surface area contributed by atoms with Crippen LogP contribution in [0.25, 0.3) is 0 Å². The lowest BCUT2D eigenvalue weighted by molar-refractivity contribution is 0.0952. The third-order valence-corrected chi connectivity index (χ3v) is 5.18. The van der Waals surface area contributed by atoms with Crippen LogP contribution in [0.3, 0.4) is 0 Å². The molecular formula is C14H19ClN2O3S. The van der Waals surface area contributed by atoms with Crippen molar-refractivity contribution in [3.63, 3.8) is 0 Å². The third-order valence-electron chi connectivity index (χ3n) is 3.12. The Morgan fingerprint density at radius 3 is 2.67 bits per heavy atom. The molecule has 0 heterocycles. The fraction of sp³-hybridized carbons (Fsp3) is 0.500.